The third-order valence-electron chi connectivity index (χ3n) is 3.23. The Hall–Kier alpha value is -2.29. The molecule has 0 amide bonds. The first-order valence-corrected chi connectivity index (χ1v) is 6.94. The van der Waals surface area contributed by atoms with Gasteiger partial charge in [-0.25, -0.2) is 4.79 Å². The van der Waals surface area contributed by atoms with E-state index in [0.29, 0.717) is 12.2 Å². The number of esters is 1. The van der Waals surface area contributed by atoms with Gasteiger partial charge in [-0.2, -0.15) is 0 Å². The number of ether oxygens (including phenoxy) is 2. The summed E-state index contributed by atoms with van der Waals surface area (Å²) in [6, 6.07) is 10.2. The summed E-state index contributed by atoms with van der Waals surface area (Å²) in [5.41, 5.74) is 2.82. The maximum Gasteiger partial charge on any atom is 0.333 e. The van der Waals surface area contributed by atoms with Crippen LogP contribution in [-0.2, 0) is 9.53 Å². The average molecular weight is 284 g/mol. The SMILES string of the molecule is C=C(C)C(=O)OCCOc1cccc2c(C)cc(C)cc12. The van der Waals surface area contributed by atoms with Crippen molar-refractivity contribution in [2.75, 3.05) is 13.2 Å². The van der Waals surface area contributed by atoms with E-state index in [1.165, 1.54) is 16.5 Å². The van der Waals surface area contributed by atoms with E-state index in [0.717, 1.165) is 11.1 Å². The second kappa shape index (κ2) is 6.44. The first-order valence-electron chi connectivity index (χ1n) is 6.94. The van der Waals surface area contributed by atoms with Gasteiger partial charge < -0.3 is 9.47 Å². The van der Waals surface area contributed by atoms with Crippen LogP contribution in [0.25, 0.3) is 10.8 Å². The molecule has 0 saturated carbocycles. The van der Waals surface area contributed by atoms with Crippen molar-refractivity contribution in [2.45, 2.75) is 20.8 Å². The Balaban J connectivity index is 2.09. The lowest BCUT2D eigenvalue weighted by Crippen LogP contribution is -2.12. The van der Waals surface area contributed by atoms with E-state index < -0.39 is 0 Å². The fourth-order valence-electron chi connectivity index (χ4n) is 2.26. The standard InChI is InChI=1S/C18H20O3/c1-12(2)18(19)21-9-8-20-17-7-5-6-15-14(4)10-13(3)11-16(15)17/h5-7,10-11H,1,8-9H2,2-4H3. The molecule has 2 rings (SSSR count). The molecule has 0 N–H and O–H groups in total. The molecule has 0 unspecified atom stereocenters. The predicted octanol–water partition coefficient (Wildman–Crippen LogP) is 3.95. The lowest BCUT2D eigenvalue weighted by atomic mass is 10.0. The van der Waals surface area contributed by atoms with Gasteiger partial charge in [0.1, 0.15) is 19.0 Å². The molecule has 0 aromatic heterocycles. The Labute approximate surface area is 125 Å². The quantitative estimate of drug-likeness (QED) is 0.474. The van der Waals surface area contributed by atoms with Crippen molar-refractivity contribution in [1.29, 1.82) is 0 Å². The van der Waals surface area contributed by atoms with E-state index in [1.807, 2.05) is 12.1 Å². The van der Waals surface area contributed by atoms with E-state index in [2.05, 4.69) is 38.6 Å². The molecule has 2 aromatic rings. The zero-order chi connectivity index (χ0) is 15.4. The zero-order valence-electron chi connectivity index (χ0n) is 12.7. The molecule has 3 heteroatoms. The van der Waals surface area contributed by atoms with Gasteiger partial charge in [-0.3, -0.25) is 0 Å². The highest BCUT2D eigenvalue weighted by Gasteiger charge is 2.06. The molecule has 3 nitrogen and oxygen atoms in total. The van der Waals surface area contributed by atoms with Gasteiger partial charge in [0.25, 0.3) is 0 Å². The van der Waals surface area contributed by atoms with Crippen LogP contribution in [0.15, 0.2) is 42.5 Å². The van der Waals surface area contributed by atoms with Gasteiger partial charge in [-0.15, -0.1) is 0 Å². The van der Waals surface area contributed by atoms with Crippen LogP contribution < -0.4 is 4.74 Å². The molecule has 0 aliphatic heterocycles. The van der Waals surface area contributed by atoms with Crippen LogP contribution >= 0.6 is 0 Å². The third kappa shape index (κ3) is 3.63. The monoisotopic (exact) mass is 284 g/mol. The van der Waals surface area contributed by atoms with E-state index >= 15 is 0 Å². The fourth-order valence-corrected chi connectivity index (χ4v) is 2.26. The topological polar surface area (TPSA) is 35.5 Å². The van der Waals surface area contributed by atoms with Crippen molar-refractivity contribution in [3.8, 4) is 5.75 Å². The first kappa shape index (κ1) is 15.1. The van der Waals surface area contributed by atoms with Crippen molar-refractivity contribution in [3.63, 3.8) is 0 Å². The van der Waals surface area contributed by atoms with E-state index in [-0.39, 0.29) is 12.6 Å². The summed E-state index contributed by atoms with van der Waals surface area (Å²) in [5.74, 6) is 0.425. The largest absolute Gasteiger partial charge is 0.489 e. The molecule has 2 aromatic carbocycles. The Kier molecular flexibility index (Phi) is 4.63. The average Bonchev–Trinajstić information content (AvgIpc) is 2.43. The summed E-state index contributed by atoms with van der Waals surface area (Å²) in [5, 5.41) is 2.26. The summed E-state index contributed by atoms with van der Waals surface area (Å²) in [4.78, 5) is 11.3. The van der Waals surface area contributed by atoms with E-state index in [9.17, 15) is 4.79 Å². The van der Waals surface area contributed by atoms with E-state index in [4.69, 9.17) is 9.47 Å². The Bertz CT molecular complexity index is 686. The molecular weight excluding hydrogens is 264 g/mol. The third-order valence-corrected chi connectivity index (χ3v) is 3.23. The van der Waals surface area contributed by atoms with Gasteiger partial charge >= 0.3 is 5.97 Å². The first-order chi connectivity index (χ1) is 9.99. The second-order valence-corrected chi connectivity index (χ2v) is 5.20. The minimum absolute atomic E-state index is 0.215. The number of benzene rings is 2. The number of hydrogen-bond donors (Lipinski definition) is 0. The van der Waals surface area contributed by atoms with Gasteiger partial charge in [-0.1, -0.05) is 30.3 Å². The van der Waals surface area contributed by atoms with Crippen molar-refractivity contribution < 1.29 is 14.3 Å². The molecule has 0 spiro atoms. The molecule has 0 heterocycles. The highest BCUT2D eigenvalue weighted by Crippen LogP contribution is 2.29. The summed E-state index contributed by atoms with van der Waals surface area (Å²) >= 11 is 0. The Morgan fingerprint density at radius 2 is 1.90 bits per heavy atom. The molecule has 21 heavy (non-hydrogen) atoms. The number of aryl methyl sites for hydroxylation is 2. The maximum absolute atomic E-state index is 11.3. The van der Waals surface area contributed by atoms with Crippen LogP contribution in [0.5, 0.6) is 5.75 Å². The minimum Gasteiger partial charge on any atom is -0.489 e. The smallest absolute Gasteiger partial charge is 0.333 e. The molecular formula is C18H20O3. The van der Waals surface area contributed by atoms with Gasteiger partial charge in [0.2, 0.25) is 0 Å². The number of rotatable bonds is 5. The summed E-state index contributed by atoms with van der Waals surface area (Å²) in [7, 11) is 0. The number of carbonyl (C=O) groups is 1. The molecule has 0 aliphatic rings. The molecule has 0 fully saturated rings. The summed E-state index contributed by atoms with van der Waals surface area (Å²) < 4.78 is 10.8. The molecule has 0 atom stereocenters. The molecule has 110 valence electrons. The number of carbonyl (C=O) groups excluding carboxylic acids is 1. The Morgan fingerprint density at radius 3 is 2.62 bits per heavy atom. The maximum atomic E-state index is 11.3. The Morgan fingerprint density at radius 1 is 1.14 bits per heavy atom. The van der Waals surface area contributed by atoms with Crippen molar-refractivity contribution >= 4 is 16.7 Å². The number of hydrogen-bond acceptors (Lipinski definition) is 3. The lowest BCUT2D eigenvalue weighted by molar-refractivity contribution is -0.139. The predicted molar refractivity (Wildman–Crippen MR) is 84.7 cm³/mol. The zero-order valence-corrected chi connectivity index (χ0v) is 12.7. The molecule has 0 aliphatic carbocycles. The van der Waals surface area contributed by atoms with Crippen molar-refractivity contribution in [3.05, 3.63) is 53.6 Å². The van der Waals surface area contributed by atoms with Crippen LogP contribution in [0.1, 0.15) is 18.1 Å². The van der Waals surface area contributed by atoms with Crippen LogP contribution in [0, 0.1) is 13.8 Å². The van der Waals surface area contributed by atoms with Gasteiger partial charge in [0.15, 0.2) is 0 Å². The van der Waals surface area contributed by atoms with Crippen LogP contribution in [-0.4, -0.2) is 19.2 Å². The van der Waals surface area contributed by atoms with Crippen LogP contribution in [0.4, 0.5) is 0 Å². The molecule has 0 saturated heterocycles. The van der Waals surface area contributed by atoms with Crippen molar-refractivity contribution in [2.24, 2.45) is 0 Å². The fraction of sp³-hybridized carbons (Fsp3) is 0.278. The van der Waals surface area contributed by atoms with Crippen LogP contribution in [0.2, 0.25) is 0 Å². The highest BCUT2D eigenvalue weighted by atomic mass is 16.6. The van der Waals surface area contributed by atoms with E-state index in [1.54, 1.807) is 6.92 Å². The van der Waals surface area contributed by atoms with Crippen molar-refractivity contribution in [1.82, 2.24) is 0 Å². The van der Waals surface area contributed by atoms with Crippen LogP contribution in [0.3, 0.4) is 0 Å². The van der Waals surface area contributed by atoms with Gasteiger partial charge in [0.05, 0.1) is 0 Å². The highest BCUT2D eigenvalue weighted by molar-refractivity contribution is 5.91. The van der Waals surface area contributed by atoms with Gasteiger partial charge in [-0.05, 0) is 43.9 Å². The molecule has 0 radical (unpaired) electrons. The minimum atomic E-state index is -0.386. The normalized spacial score (nSPS) is 10.4. The number of fused-ring (bicyclic) bond motifs is 1. The second-order valence-electron chi connectivity index (χ2n) is 5.20. The summed E-state index contributed by atoms with van der Waals surface area (Å²) in [6.45, 7) is 9.86. The molecule has 0 bridgehead atoms. The summed E-state index contributed by atoms with van der Waals surface area (Å²) in [6.07, 6.45) is 0. The van der Waals surface area contributed by atoms with Gasteiger partial charge in [0, 0.05) is 11.0 Å². The lowest BCUT2D eigenvalue weighted by Gasteiger charge is -2.12.